The van der Waals surface area contributed by atoms with Crippen LogP contribution in [-0.2, 0) is 6.42 Å². The van der Waals surface area contributed by atoms with E-state index in [4.69, 9.17) is 11.6 Å². The summed E-state index contributed by atoms with van der Waals surface area (Å²) >= 11 is 9.83. The first kappa shape index (κ1) is 15.3. The van der Waals surface area contributed by atoms with Crippen molar-refractivity contribution >= 4 is 27.5 Å². The van der Waals surface area contributed by atoms with Gasteiger partial charge in [-0.25, -0.2) is 0 Å². The van der Waals surface area contributed by atoms with Gasteiger partial charge in [0.1, 0.15) is 0 Å². The lowest BCUT2D eigenvalue weighted by Crippen LogP contribution is -2.39. The first-order valence-electron chi connectivity index (χ1n) is 7.25. The molecule has 0 aliphatic heterocycles. The molecule has 3 atom stereocenters. The van der Waals surface area contributed by atoms with Gasteiger partial charge < -0.3 is 5.32 Å². The smallest absolute Gasteiger partial charge is 0.0449 e. The molecule has 0 aromatic heterocycles. The maximum atomic E-state index is 6.36. The van der Waals surface area contributed by atoms with Crippen LogP contribution in [0.3, 0.4) is 0 Å². The molecule has 106 valence electrons. The zero-order valence-electron chi connectivity index (χ0n) is 11.8. The number of hydrogen-bond acceptors (Lipinski definition) is 1. The van der Waals surface area contributed by atoms with Crippen molar-refractivity contribution in [3.8, 4) is 0 Å². The highest BCUT2D eigenvalue weighted by atomic mass is 79.9. The van der Waals surface area contributed by atoms with Crippen molar-refractivity contribution in [2.45, 2.75) is 45.1 Å². The third kappa shape index (κ3) is 3.96. The Morgan fingerprint density at radius 1 is 1.37 bits per heavy atom. The lowest BCUT2D eigenvalue weighted by molar-refractivity contribution is 0.205. The van der Waals surface area contributed by atoms with Crippen LogP contribution in [0.2, 0.25) is 5.02 Å². The van der Waals surface area contributed by atoms with E-state index >= 15 is 0 Å². The van der Waals surface area contributed by atoms with Gasteiger partial charge in [0.2, 0.25) is 0 Å². The fraction of sp³-hybridized carbons (Fsp3) is 0.625. The summed E-state index contributed by atoms with van der Waals surface area (Å²) in [6.07, 6.45) is 6.39. The van der Waals surface area contributed by atoms with Gasteiger partial charge in [-0.1, -0.05) is 46.9 Å². The number of benzene rings is 1. The van der Waals surface area contributed by atoms with Gasteiger partial charge in [0.25, 0.3) is 0 Å². The third-order valence-electron chi connectivity index (χ3n) is 4.54. The molecule has 0 saturated heterocycles. The zero-order chi connectivity index (χ0) is 13.8. The Morgan fingerprint density at radius 2 is 2.16 bits per heavy atom. The average Bonchev–Trinajstić information content (AvgIpc) is 2.41. The molecule has 0 heterocycles. The molecule has 1 N–H and O–H groups in total. The van der Waals surface area contributed by atoms with E-state index in [-0.39, 0.29) is 0 Å². The first-order valence-corrected chi connectivity index (χ1v) is 8.42. The summed E-state index contributed by atoms with van der Waals surface area (Å²) in [5.41, 5.74) is 1.28. The Balaban J connectivity index is 2.09. The summed E-state index contributed by atoms with van der Waals surface area (Å²) in [5, 5.41) is 4.39. The quantitative estimate of drug-likeness (QED) is 0.805. The second-order valence-corrected chi connectivity index (χ2v) is 7.01. The minimum absolute atomic E-state index is 0.641. The number of rotatable bonds is 4. The topological polar surface area (TPSA) is 12.0 Å². The van der Waals surface area contributed by atoms with E-state index in [9.17, 15) is 0 Å². The van der Waals surface area contributed by atoms with Crippen LogP contribution in [0.15, 0.2) is 22.7 Å². The van der Waals surface area contributed by atoms with E-state index < -0.39 is 0 Å². The van der Waals surface area contributed by atoms with Crippen LogP contribution >= 0.6 is 27.5 Å². The molecule has 1 aromatic carbocycles. The molecular weight excluding hydrogens is 322 g/mol. The van der Waals surface area contributed by atoms with Crippen molar-refractivity contribution in [3.05, 3.63) is 33.3 Å². The Kier molecular flexibility index (Phi) is 5.73. The number of hydrogen-bond donors (Lipinski definition) is 1. The predicted molar refractivity (Wildman–Crippen MR) is 86.8 cm³/mol. The SMILES string of the molecule is CCC1CCC(NC)C(Cc2ccc(Br)cc2Cl)C1. The molecule has 1 aliphatic rings. The summed E-state index contributed by atoms with van der Waals surface area (Å²) in [4.78, 5) is 0. The molecule has 1 fully saturated rings. The predicted octanol–water partition coefficient (Wildman–Crippen LogP) is 5.06. The van der Waals surface area contributed by atoms with Crippen LogP contribution in [0.4, 0.5) is 0 Å². The van der Waals surface area contributed by atoms with Gasteiger partial charge in [-0.2, -0.15) is 0 Å². The third-order valence-corrected chi connectivity index (χ3v) is 5.38. The highest BCUT2D eigenvalue weighted by molar-refractivity contribution is 9.10. The van der Waals surface area contributed by atoms with Crippen molar-refractivity contribution in [2.24, 2.45) is 11.8 Å². The van der Waals surface area contributed by atoms with Gasteiger partial charge in [-0.05, 0) is 62.3 Å². The highest BCUT2D eigenvalue weighted by Crippen LogP contribution is 2.35. The summed E-state index contributed by atoms with van der Waals surface area (Å²) in [6.45, 7) is 2.31. The molecule has 3 unspecified atom stereocenters. The van der Waals surface area contributed by atoms with Gasteiger partial charge >= 0.3 is 0 Å². The molecule has 1 aliphatic carbocycles. The van der Waals surface area contributed by atoms with Gasteiger partial charge in [0.15, 0.2) is 0 Å². The fourth-order valence-electron chi connectivity index (χ4n) is 3.31. The summed E-state index contributed by atoms with van der Waals surface area (Å²) < 4.78 is 1.06. The average molecular weight is 345 g/mol. The molecule has 3 heteroatoms. The van der Waals surface area contributed by atoms with Crippen LogP contribution in [0.5, 0.6) is 0 Å². The molecule has 0 bridgehead atoms. The normalized spacial score (nSPS) is 27.5. The van der Waals surface area contributed by atoms with Crippen LogP contribution in [0.25, 0.3) is 0 Å². The molecule has 2 rings (SSSR count). The van der Waals surface area contributed by atoms with Gasteiger partial charge in [-0.3, -0.25) is 0 Å². The first-order chi connectivity index (χ1) is 9.13. The van der Waals surface area contributed by atoms with E-state index in [2.05, 4.69) is 47.4 Å². The Hall–Kier alpha value is -0.0500. The molecule has 0 radical (unpaired) electrons. The summed E-state index contributed by atoms with van der Waals surface area (Å²) in [7, 11) is 2.09. The molecule has 1 aromatic rings. The maximum Gasteiger partial charge on any atom is 0.0449 e. The number of halogens is 2. The van der Waals surface area contributed by atoms with Crippen LogP contribution in [0, 0.1) is 11.8 Å². The molecule has 0 spiro atoms. The van der Waals surface area contributed by atoms with Crippen LogP contribution in [-0.4, -0.2) is 13.1 Å². The van der Waals surface area contributed by atoms with E-state index in [0.29, 0.717) is 12.0 Å². The van der Waals surface area contributed by atoms with Crippen molar-refractivity contribution < 1.29 is 0 Å². The molecule has 19 heavy (non-hydrogen) atoms. The van der Waals surface area contributed by atoms with Gasteiger partial charge in [-0.15, -0.1) is 0 Å². The molecule has 1 nitrogen and oxygen atoms in total. The van der Waals surface area contributed by atoms with E-state index in [0.717, 1.165) is 21.8 Å². The fourth-order valence-corrected chi connectivity index (χ4v) is 4.06. The van der Waals surface area contributed by atoms with E-state index in [1.165, 1.54) is 31.2 Å². The van der Waals surface area contributed by atoms with Crippen molar-refractivity contribution in [1.29, 1.82) is 0 Å². The van der Waals surface area contributed by atoms with Gasteiger partial charge in [0.05, 0.1) is 0 Å². The molecular formula is C16H23BrClN. The van der Waals surface area contributed by atoms with Crippen LogP contribution < -0.4 is 5.32 Å². The monoisotopic (exact) mass is 343 g/mol. The Labute approximate surface area is 130 Å². The van der Waals surface area contributed by atoms with E-state index in [1.807, 2.05) is 6.07 Å². The largest absolute Gasteiger partial charge is 0.317 e. The number of nitrogens with one attached hydrogen (secondary N) is 1. The van der Waals surface area contributed by atoms with E-state index in [1.54, 1.807) is 0 Å². The van der Waals surface area contributed by atoms with Crippen LogP contribution in [0.1, 0.15) is 38.2 Å². The second-order valence-electron chi connectivity index (χ2n) is 5.68. The van der Waals surface area contributed by atoms with Crippen molar-refractivity contribution in [3.63, 3.8) is 0 Å². The summed E-state index contributed by atoms with van der Waals surface area (Å²) in [5.74, 6) is 1.60. The maximum absolute atomic E-state index is 6.36. The Bertz CT molecular complexity index is 421. The lowest BCUT2D eigenvalue weighted by Gasteiger charge is -2.36. The standard InChI is InChI=1S/C16H23BrClN/c1-3-11-4-7-16(19-2)13(8-11)9-12-5-6-14(17)10-15(12)18/h5-6,10-11,13,16,19H,3-4,7-9H2,1-2H3. The Morgan fingerprint density at radius 3 is 2.79 bits per heavy atom. The van der Waals surface area contributed by atoms with Crippen molar-refractivity contribution in [2.75, 3.05) is 7.05 Å². The second kappa shape index (κ2) is 7.10. The lowest BCUT2D eigenvalue weighted by atomic mass is 9.74. The minimum Gasteiger partial charge on any atom is -0.317 e. The zero-order valence-corrected chi connectivity index (χ0v) is 14.1. The molecule has 0 amide bonds. The molecule has 1 saturated carbocycles. The highest BCUT2D eigenvalue weighted by Gasteiger charge is 2.29. The van der Waals surface area contributed by atoms with Gasteiger partial charge in [0, 0.05) is 15.5 Å². The van der Waals surface area contributed by atoms with Crippen molar-refractivity contribution in [1.82, 2.24) is 5.32 Å². The minimum atomic E-state index is 0.641. The summed E-state index contributed by atoms with van der Waals surface area (Å²) in [6, 6.07) is 6.90.